The van der Waals surface area contributed by atoms with Crippen LogP contribution in [-0.4, -0.2) is 16.6 Å². The standard InChI is InChI=1S/C18H15F3N2O2/c19-18(20,21)14-3-1-13(2-4-14)17-15-10-23(7-5-16(15)25-22-17)9-12-6-8-24-11-12/h1-4,6,8,11H,5,7,9-10H2. The Labute approximate surface area is 141 Å². The lowest BCUT2D eigenvalue weighted by molar-refractivity contribution is -0.137. The van der Waals surface area contributed by atoms with Gasteiger partial charge >= 0.3 is 6.18 Å². The molecule has 1 aliphatic rings. The van der Waals surface area contributed by atoms with Crippen LogP contribution >= 0.6 is 0 Å². The largest absolute Gasteiger partial charge is 0.472 e. The van der Waals surface area contributed by atoms with Crippen LogP contribution in [0.15, 0.2) is 51.8 Å². The van der Waals surface area contributed by atoms with Gasteiger partial charge in [-0.3, -0.25) is 4.90 Å². The van der Waals surface area contributed by atoms with E-state index in [1.54, 1.807) is 12.5 Å². The van der Waals surface area contributed by atoms with Crippen molar-refractivity contribution in [2.24, 2.45) is 0 Å². The fourth-order valence-corrected chi connectivity index (χ4v) is 3.08. The summed E-state index contributed by atoms with van der Waals surface area (Å²) in [7, 11) is 0. The molecule has 130 valence electrons. The van der Waals surface area contributed by atoms with E-state index in [0.717, 1.165) is 48.5 Å². The predicted molar refractivity (Wildman–Crippen MR) is 83.5 cm³/mol. The van der Waals surface area contributed by atoms with Gasteiger partial charge < -0.3 is 8.94 Å². The van der Waals surface area contributed by atoms with Gasteiger partial charge in [0.2, 0.25) is 0 Å². The van der Waals surface area contributed by atoms with Gasteiger partial charge in [0, 0.05) is 42.7 Å². The highest BCUT2D eigenvalue weighted by Crippen LogP contribution is 2.34. The summed E-state index contributed by atoms with van der Waals surface area (Å²) < 4.78 is 48.7. The molecule has 1 aliphatic heterocycles. The number of nitrogens with zero attached hydrogens (tertiary/aromatic N) is 2. The third-order valence-electron chi connectivity index (χ3n) is 4.38. The van der Waals surface area contributed by atoms with Gasteiger partial charge in [-0.15, -0.1) is 0 Å². The van der Waals surface area contributed by atoms with Crippen LogP contribution in [0, 0.1) is 0 Å². The molecule has 0 amide bonds. The number of furan rings is 1. The molecule has 0 saturated carbocycles. The summed E-state index contributed by atoms with van der Waals surface area (Å²) >= 11 is 0. The molecule has 0 atom stereocenters. The van der Waals surface area contributed by atoms with E-state index in [1.165, 1.54) is 12.1 Å². The third kappa shape index (κ3) is 3.19. The third-order valence-corrected chi connectivity index (χ3v) is 4.38. The quantitative estimate of drug-likeness (QED) is 0.698. The van der Waals surface area contributed by atoms with Gasteiger partial charge in [0.05, 0.1) is 18.1 Å². The molecule has 0 spiro atoms. The Morgan fingerprint density at radius 1 is 1.12 bits per heavy atom. The first-order valence-corrected chi connectivity index (χ1v) is 7.89. The van der Waals surface area contributed by atoms with Crippen molar-refractivity contribution in [1.82, 2.24) is 10.1 Å². The van der Waals surface area contributed by atoms with E-state index in [2.05, 4.69) is 10.1 Å². The first kappa shape index (κ1) is 16.0. The Kier molecular flexibility index (Phi) is 3.88. The minimum absolute atomic E-state index is 0.612. The molecule has 4 nitrogen and oxygen atoms in total. The maximum atomic E-state index is 12.7. The van der Waals surface area contributed by atoms with Crippen LogP contribution in [0.3, 0.4) is 0 Å². The van der Waals surface area contributed by atoms with Gasteiger partial charge in [-0.05, 0) is 18.2 Å². The van der Waals surface area contributed by atoms with E-state index in [0.29, 0.717) is 17.8 Å². The van der Waals surface area contributed by atoms with Crippen LogP contribution in [0.4, 0.5) is 13.2 Å². The molecule has 0 saturated heterocycles. The SMILES string of the molecule is FC(F)(F)c1ccc(-c2noc3c2CN(Cc2ccoc2)CC3)cc1. The second kappa shape index (κ2) is 6.07. The number of hydrogen-bond acceptors (Lipinski definition) is 4. The zero-order valence-corrected chi connectivity index (χ0v) is 13.2. The van der Waals surface area contributed by atoms with Crippen LogP contribution in [0.1, 0.15) is 22.5 Å². The number of rotatable bonds is 3. The number of benzene rings is 1. The molecule has 0 unspecified atom stereocenters. The minimum Gasteiger partial charge on any atom is -0.472 e. The maximum Gasteiger partial charge on any atom is 0.416 e. The average Bonchev–Trinajstić information content (AvgIpc) is 3.23. The molecule has 3 aromatic rings. The second-order valence-corrected chi connectivity index (χ2v) is 6.10. The smallest absolute Gasteiger partial charge is 0.416 e. The van der Waals surface area contributed by atoms with Crippen LogP contribution in [0.25, 0.3) is 11.3 Å². The van der Waals surface area contributed by atoms with Crippen LogP contribution in [-0.2, 0) is 25.7 Å². The molecule has 3 heterocycles. The van der Waals surface area contributed by atoms with Gasteiger partial charge in [-0.2, -0.15) is 13.2 Å². The molecule has 25 heavy (non-hydrogen) atoms. The predicted octanol–water partition coefficient (Wildman–Crippen LogP) is 4.51. The Morgan fingerprint density at radius 2 is 1.92 bits per heavy atom. The maximum absolute atomic E-state index is 12.7. The highest BCUT2D eigenvalue weighted by Gasteiger charge is 2.31. The monoisotopic (exact) mass is 348 g/mol. The summed E-state index contributed by atoms with van der Waals surface area (Å²) in [6.07, 6.45) is -0.276. The molecule has 0 aliphatic carbocycles. The summed E-state index contributed by atoms with van der Waals surface area (Å²) in [5.74, 6) is 0.804. The number of fused-ring (bicyclic) bond motifs is 1. The van der Waals surface area contributed by atoms with E-state index in [-0.39, 0.29) is 0 Å². The van der Waals surface area contributed by atoms with Crippen LogP contribution in [0.5, 0.6) is 0 Å². The molecular weight excluding hydrogens is 333 g/mol. The lowest BCUT2D eigenvalue weighted by atomic mass is 10.0. The molecule has 4 rings (SSSR count). The van der Waals surface area contributed by atoms with Crippen LogP contribution < -0.4 is 0 Å². The molecule has 0 radical (unpaired) electrons. The molecular formula is C18H15F3N2O2. The lowest BCUT2D eigenvalue weighted by Crippen LogP contribution is -2.29. The molecule has 2 aromatic heterocycles. The van der Waals surface area contributed by atoms with Crippen molar-refractivity contribution in [2.45, 2.75) is 25.7 Å². The van der Waals surface area contributed by atoms with Crippen molar-refractivity contribution in [1.29, 1.82) is 0 Å². The van der Waals surface area contributed by atoms with E-state index >= 15 is 0 Å². The fourth-order valence-electron chi connectivity index (χ4n) is 3.08. The summed E-state index contributed by atoms with van der Waals surface area (Å²) in [6.45, 7) is 2.22. The first-order chi connectivity index (χ1) is 12.0. The second-order valence-electron chi connectivity index (χ2n) is 6.10. The van der Waals surface area contributed by atoms with Crippen molar-refractivity contribution in [3.63, 3.8) is 0 Å². The van der Waals surface area contributed by atoms with Crippen molar-refractivity contribution in [3.8, 4) is 11.3 Å². The summed E-state index contributed by atoms with van der Waals surface area (Å²) in [5.41, 5.74) is 2.59. The van der Waals surface area contributed by atoms with E-state index in [9.17, 15) is 13.2 Å². The number of hydrogen-bond donors (Lipinski definition) is 0. The van der Waals surface area contributed by atoms with Crippen molar-refractivity contribution >= 4 is 0 Å². The zero-order chi connectivity index (χ0) is 17.4. The van der Waals surface area contributed by atoms with Crippen LogP contribution in [0.2, 0.25) is 0 Å². The molecule has 0 fully saturated rings. The lowest BCUT2D eigenvalue weighted by Gasteiger charge is -2.25. The number of alkyl halides is 3. The normalized spacial score (nSPS) is 15.3. The minimum atomic E-state index is -4.34. The first-order valence-electron chi connectivity index (χ1n) is 7.89. The highest BCUT2D eigenvalue weighted by atomic mass is 19.4. The summed E-state index contributed by atoms with van der Waals surface area (Å²) in [5, 5.41) is 4.09. The zero-order valence-electron chi connectivity index (χ0n) is 13.2. The number of aromatic nitrogens is 1. The van der Waals surface area contributed by atoms with Gasteiger partial charge in [0.25, 0.3) is 0 Å². The van der Waals surface area contributed by atoms with Crippen molar-refractivity contribution in [3.05, 3.63) is 65.3 Å². The Morgan fingerprint density at radius 3 is 2.60 bits per heavy atom. The Balaban J connectivity index is 1.58. The van der Waals surface area contributed by atoms with Gasteiger partial charge in [0.15, 0.2) is 0 Å². The van der Waals surface area contributed by atoms with Gasteiger partial charge in [-0.1, -0.05) is 17.3 Å². The number of halogens is 3. The highest BCUT2D eigenvalue weighted by molar-refractivity contribution is 5.64. The average molecular weight is 348 g/mol. The summed E-state index contributed by atoms with van der Waals surface area (Å²) in [4.78, 5) is 2.23. The molecule has 0 N–H and O–H groups in total. The van der Waals surface area contributed by atoms with Crippen molar-refractivity contribution in [2.75, 3.05) is 6.54 Å². The molecule has 0 bridgehead atoms. The van der Waals surface area contributed by atoms with Crippen molar-refractivity contribution < 1.29 is 22.1 Å². The topological polar surface area (TPSA) is 42.4 Å². The van der Waals surface area contributed by atoms with E-state index in [1.807, 2.05) is 6.07 Å². The fraction of sp³-hybridized carbons (Fsp3) is 0.278. The molecule has 1 aromatic carbocycles. The Bertz CT molecular complexity index is 852. The van der Waals surface area contributed by atoms with E-state index < -0.39 is 11.7 Å². The Hall–Kier alpha value is -2.54. The van der Waals surface area contributed by atoms with Gasteiger partial charge in [0.1, 0.15) is 11.5 Å². The summed E-state index contributed by atoms with van der Waals surface area (Å²) in [6, 6.07) is 6.94. The molecule has 7 heteroatoms. The van der Waals surface area contributed by atoms with Gasteiger partial charge in [-0.25, -0.2) is 0 Å². The van der Waals surface area contributed by atoms with E-state index in [4.69, 9.17) is 8.94 Å².